The molecule has 1 fully saturated rings. The summed E-state index contributed by atoms with van der Waals surface area (Å²) in [5, 5.41) is 1.17. The number of hydrogen-bond donors (Lipinski definition) is 1. The monoisotopic (exact) mass is 323 g/mol. The molecule has 1 aromatic heterocycles. The molecule has 1 aliphatic heterocycles. The van der Waals surface area contributed by atoms with Gasteiger partial charge in [-0.05, 0) is 30.4 Å². The summed E-state index contributed by atoms with van der Waals surface area (Å²) in [4.78, 5) is 22.0. The number of amides is 1. The minimum atomic E-state index is -0.292. The van der Waals surface area contributed by atoms with E-state index >= 15 is 0 Å². The van der Waals surface area contributed by atoms with Crippen molar-refractivity contribution in [2.75, 3.05) is 13.1 Å². The van der Waals surface area contributed by atoms with Crippen molar-refractivity contribution in [3.05, 3.63) is 66.0 Å². The van der Waals surface area contributed by atoms with E-state index in [1.54, 1.807) is 24.5 Å². The average Bonchev–Trinajstić information content (AvgIpc) is 3.17. The van der Waals surface area contributed by atoms with Gasteiger partial charge in [-0.2, -0.15) is 0 Å². The van der Waals surface area contributed by atoms with Gasteiger partial charge in [0, 0.05) is 41.8 Å². The second kappa shape index (κ2) is 6.07. The Balaban J connectivity index is 1.56. The van der Waals surface area contributed by atoms with Crippen LogP contribution in [0.4, 0.5) is 4.39 Å². The molecule has 2 aromatic carbocycles. The van der Waals surface area contributed by atoms with Crippen LogP contribution in [0.5, 0.6) is 0 Å². The first-order valence-electron chi connectivity index (χ1n) is 8.19. The van der Waals surface area contributed by atoms with E-state index in [9.17, 15) is 9.18 Å². The summed E-state index contributed by atoms with van der Waals surface area (Å²) in [6.45, 7) is 1.41. The molecular weight excluding hydrogens is 305 g/mol. The van der Waals surface area contributed by atoms with Crippen molar-refractivity contribution >= 4 is 16.7 Å². The second-order valence-electron chi connectivity index (χ2n) is 6.21. The molecule has 0 aliphatic carbocycles. The number of imidazole rings is 1. The first kappa shape index (κ1) is 14.9. The van der Waals surface area contributed by atoms with Gasteiger partial charge < -0.3 is 9.88 Å². The van der Waals surface area contributed by atoms with Crippen molar-refractivity contribution in [1.29, 1.82) is 0 Å². The van der Waals surface area contributed by atoms with Crippen molar-refractivity contribution < 1.29 is 9.18 Å². The zero-order valence-electron chi connectivity index (χ0n) is 13.2. The van der Waals surface area contributed by atoms with Crippen LogP contribution in [0.25, 0.3) is 10.8 Å². The summed E-state index contributed by atoms with van der Waals surface area (Å²) in [6.07, 6.45) is 5.37. The number of aromatic nitrogens is 2. The highest BCUT2D eigenvalue weighted by atomic mass is 19.1. The van der Waals surface area contributed by atoms with Crippen molar-refractivity contribution in [3.8, 4) is 0 Å². The number of benzene rings is 2. The molecule has 0 radical (unpaired) electrons. The quantitative estimate of drug-likeness (QED) is 0.781. The smallest absolute Gasteiger partial charge is 0.254 e. The molecule has 3 aromatic rings. The van der Waals surface area contributed by atoms with Crippen LogP contribution in [0.2, 0.25) is 0 Å². The summed E-state index contributed by atoms with van der Waals surface area (Å²) in [5.74, 6) is 0.107. The summed E-state index contributed by atoms with van der Waals surface area (Å²) in [7, 11) is 0. The lowest BCUT2D eigenvalue weighted by molar-refractivity contribution is 0.0714. The van der Waals surface area contributed by atoms with Gasteiger partial charge >= 0.3 is 0 Å². The third-order valence-electron chi connectivity index (χ3n) is 4.84. The number of nitrogens with zero attached hydrogens (tertiary/aromatic N) is 2. The zero-order chi connectivity index (χ0) is 16.5. The molecule has 0 saturated carbocycles. The zero-order valence-corrected chi connectivity index (χ0v) is 13.2. The second-order valence-corrected chi connectivity index (χ2v) is 6.21. The van der Waals surface area contributed by atoms with E-state index in [1.807, 2.05) is 23.2 Å². The van der Waals surface area contributed by atoms with Gasteiger partial charge in [-0.25, -0.2) is 9.37 Å². The number of halogens is 1. The summed E-state index contributed by atoms with van der Waals surface area (Å²) < 4.78 is 13.9. The molecule has 1 N–H and O–H groups in total. The molecule has 0 atom stereocenters. The number of piperidine rings is 1. The number of likely N-dealkylation sites (tertiary alicyclic amines) is 1. The Bertz CT molecular complexity index is 867. The number of hydrogen-bond acceptors (Lipinski definition) is 2. The van der Waals surface area contributed by atoms with Crippen LogP contribution in [0.1, 0.15) is 34.8 Å². The molecule has 4 nitrogen and oxygen atoms in total. The van der Waals surface area contributed by atoms with Crippen molar-refractivity contribution in [2.24, 2.45) is 0 Å². The molecule has 4 rings (SSSR count). The van der Waals surface area contributed by atoms with Crippen LogP contribution in [-0.4, -0.2) is 33.9 Å². The van der Waals surface area contributed by atoms with Gasteiger partial charge in [-0.3, -0.25) is 4.79 Å². The highest BCUT2D eigenvalue weighted by Crippen LogP contribution is 2.29. The molecule has 2 heterocycles. The molecule has 1 amide bonds. The Hall–Kier alpha value is -2.69. The topological polar surface area (TPSA) is 49.0 Å². The number of carbonyl (C=O) groups excluding carboxylic acids is 1. The minimum absolute atomic E-state index is 0.0192. The van der Waals surface area contributed by atoms with E-state index in [2.05, 4.69) is 9.97 Å². The van der Waals surface area contributed by atoms with Crippen molar-refractivity contribution in [1.82, 2.24) is 14.9 Å². The Kier molecular flexibility index (Phi) is 3.76. The lowest BCUT2D eigenvalue weighted by Crippen LogP contribution is -2.38. The maximum Gasteiger partial charge on any atom is 0.254 e. The lowest BCUT2D eigenvalue weighted by Gasteiger charge is -2.31. The molecule has 122 valence electrons. The first-order valence-corrected chi connectivity index (χ1v) is 8.19. The van der Waals surface area contributed by atoms with E-state index < -0.39 is 0 Å². The van der Waals surface area contributed by atoms with E-state index in [-0.39, 0.29) is 11.7 Å². The molecular formula is C19H18FN3O. The van der Waals surface area contributed by atoms with E-state index in [0.29, 0.717) is 35.3 Å². The van der Waals surface area contributed by atoms with Gasteiger partial charge in [-0.15, -0.1) is 0 Å². The van der Waals surface area contributed by atoms with Gasteiger partial charge in [0.1, 0.15) is 5.82 Å². The number of fused-ring (bicyclic) bond motifs is 1. The Morgan fingerprint density at radius 2 is 1.88 bits per heavy atom. The molecule has 24 heavy (non-hydrogen) atoms. The molecule has 1 saturated heterocycles. The highest BCUT2D eigenvalue weighted by molar-refractivity contribution is 6.07. The highest BCUT2D eigenvalue weighted by Gasteiger charge is 2.26. The molecule has 0 unspecified atom stereocenters. The van der Waals surface area contributed by atoms with Gasteiger partial charge in [0.2, 0.25) is 0 Å². The van der Waals surface area contributed by atoms with Crippen LogP contribution < -0.4 is 0 Å². The maximum absolute atomic E-state index is 13.9. The van der Waals surface area contributed by atoms with Crippen molar-refractivity contribution in [3.63, 3.8) is 0 Å². The first-order chi connectivity index (χ1) is 11.7. The predicted octanol–water partition coefficient (Wildman–Crippen LogP) is 3.72. The molecule has 0 bridgehead atoms. The summed E-state index contributed by atoms with van der Waals surface area (Å²) in [5.41, 5.74) is 1.71. The third kappa shape index (κ3) is 2.56. The lowest BCUT2D eigenvalue weighted by atomic mass is 9.93. The normalized spacial score (nSPS) is 15.8. The number of H-pyrrole nitrogens is 1. The van der Waals surface area contributed by atoms with E-state index in [0.717, 1.165) is 18.5 Å². The largest absolute Gasteiger partial charge is 0.348 e. The van der Waals surface area contributed by atoms with Crippen LogP contribution in [0.3, 0.4) is 0 Å². The Morgan fingerprint density at radius 1 is 1.12 bits per heavy atom. The van der Waals surface area contributed by atoms with Gasteiger partial charge in [0.05, 0.1) is 6.33 Å². The van der Waals surface area contributed by atoms with Crippen molar-refractivity contribution in [2.45, 2.75) is 18.8 Å². The fraction of sp³-hybridized carbons (Fsp3) is 0.263. The standard InChI is InChI=1S/C19H18FN3O/c20-17-6-5-16(14-3-1-2-4-15(14)17)19(24)23-9-7-13(8-10-23)18-11-21-12-22-18/h1-6,11-13H,7-10H2,(H,21,22). The minimum Gasteiger partial charge on any atom is -0.348 e. The predicted molar refractivity (Wildman–Crippen MR) is 90.4 cm³/mol. The molecule has 5 heteroatoms. The maximum atomic E-state index is 13.9. The van der Waals surface area contributed by atoms with Crippen LogP contribution in [0.15, 0.2) is 48.9 Å². The van der Waals surface area contributed by atoms with Crippen LogP contribution >= 0.6 is 0 Å². The number of nitrogens with one attached hydrogen (secondary N) is 1. The fourth-order valence-corrected chi connectivity index (χ4v) is 3.50. The average molecular weight is 323 g/mol. The summed E-state index contributed by atoms with van der Waals surface area (Å²) >= 11 is 0. The van der Waals surface area contributed by atoms with E-state index in [1.165, 1.54) is 6.07 Å². The summed E-state index contributed by atoms with van der Waals surface area (Å²) in [6, 6.07) is 10.1. The Labute approximate surface area is 139 Å². The Morgan fingerprint density at radius 3 is 2.58 bits per heavy atom. The molecule has 0 spiro atoms. The van der Waals surface area contributed by atoms with E-state index in [4.69, 9.17) is 0 Å². The van der Waals surface area contributed by atoms with Crippen LogP contribution in [-0.2, 0) is 0 Å². The SMILES string of the molecule is O=C(c1ccc(F)c2ccccc12)N1CCC(c2cnc[nH]2)CC1. The number of carbonyl (C=O) groups is 1. The molecule has 1 aliphatic rings. The van der Waals surface area contributed by atoms with Gasteiger partial charge in [-0.1, -0.05) is 24.3 Å². The fourth-order valence-electron chi connectivity index (χ4n) is 3.50. The third-order valence-corrected chi connectivity index (χ3v) is 4.84. The van der Waals surface area contributed by atoms with Gasteiger partial charge in [0.15, 0.2) is 0 Å². The van der Waals surface area contributed by atoms with Crippen LogP contribution in [0, 0.1) is 5.82 Å². The van der Waals surface area contributed by atoms with Gasteiger partial charge in [0.25, 0.3) is 5.91 Å². The number of aromatic amines is 1. The number of rotatable bonds is 2.